The molecule has 0 unspecified atom stereocenters. The fourth-order valence-corrected chi connectivity index (χ4v) is 3.58. The first-order valence-electron chi connectivity index (χ1n) is 10.1. The van der Waals surface area contributed by atoms with Crippen molar-refractivity contribution in [2.45, 2.75) is 64.1 Å². The molecule has 1 aliphatic rings. The van der Waals surface area contributed by atoms with Crippen molar-refractivity contribution in [1.82, 2.24) is 9.80 Å². The van der Waals surface area contributed by atoms with Gasteiger partial charge in [0.05, 0.1) is 12.6 Å². The van der Waals surface area contributed by atoms with Crippen LogP contribution in [0.15, 0.2) is 30.3 Å². The molecule has 0 saturated carbocycles. The summed E-state index contributed by atoms with van der Waals surface area (Å²) in [6.07, 6.45) is 1.82. The van der Waals surface area contributed by atoms with Crippen LogP contribution in [0.2, 0.25) is 0 Å². The predicted molar refractivity (Wildman–Crippen MR) is 110 cm³/mol. The molecule has 0 aromatic heterocycles. The molecular formula is C22H32N2O5. The average Bonchev–Trinajstić information content (AvgIpc) is 3.09. The lowest BCUT2D eigenvalue weighted by molar-refractivity contribution is -0.142. The van der Waals surface area contributed by atoms with Crippen molar-refractivity contribution in [1.29, 1.82) is 0 Å². The number of rotatable bonds is 8. The van der Waals surface area contributed by atoms with Gasteiger partial charge in [-0.25, -0.2) is 4.79 Å². The Bertz CT molecular complexity index is 714. The molecule has 0 radical (unpaired) electrons. The van der Waals surface area contributed by atoms with E-state index >= 15 is 0 Å². The molecule has 7 nitrogen and oxygen atoms in total. The molecule has 160 valence electrons. The maximum Gasteiger partial charge on any atom is 0.410 e. The largest absolute Gasteiger partial charge is 0.480 e. The van der Waals surface area contributed by atoms with Crippen LogP contribution in [-0.4, -0.2) is 70.6 Å². The van der Waals surface area contributed by atoms with Gasteiger partial charge in [0.25, 0.3) is 0 Å². The third-order valence-corrected chi connectivity index (χ3v) is 5.08. The molecule has 7 heteroatoms. The number of carbonyl (C=O) groups excluding carboxylic acids is 2. The molecule has 1 heterocycles. The van der Waals surface area contributed by atoms with Gasteiger partial charge in [-0.2, -0.15) is 0 Å². The van der Waals surface area contributed by atoms with Crippen LogP contribution in [0.1, 0.15) is 45.6 Å². The summed E-state index contributed by atoms with van der Waals surface area (Å²) in [6.45, 7) is 5.93. The number of aryl methyl sites for hydroxylation is 1. The zero-order valence-corrected chi connectivity index (χ0v) is 17.8. The number of aliphatic carboxylic acids is 1. The van der Waals surface area contributed by atoms with Crippen molar-refractivity contribution in [3.05, 3.63) is 35.9 Å². The summed E-state index contributed by atoms with van der Waals surface area (Å²) in [6, 6.07) is 8.45. The molecule has 1 aliphatic heterocycles. The fraction of sp³-hybridized carbons (Fsp3) is 0.591. The number of carbonyl (C=O) groups is 3. The van der Waals surface area contributed by atoms with Crippen molar-refractivity contribution >= 4 is 17.8 Å². The molecule has 1 aromatic rings. The Labute approximate surface area is 172 Å². The molecule has 0 spiro atoms. The molecule has 1 N–H and O–H groups in total. The SMILES string of the molecule is CN(C(=O)OC(C)(C)C)[C@H](CCc1ccccc1)C(=O)CN1CCC[C@H]1C(=O)O. The number of likely N-dealkylation sites (tertiary alicyclic amines) is 1. The maximum atomic E-state index is 13.1. The third-order valence-electron chi connectivity index (χ3n) is 5.08. The Morgan fingerprint density at radius 3 is 2.48 bits per heavy atom. The number of hydrogen-bond acceptors (Lipinski definition) is 5. The lowest BCUT2D eigenvalue weighted by Gasteiger charge is -2.31. The summed E-state index contributed by atoms with van der Waals surface area (Å²) in [4.78, 5) is 40.2. The van der Waals surface area contributed by atoms with Crippen LogP contribution < -0.4 is 0 Å². The predicted octanol–water partition coefficient (Wildman–Crippen LogP) is 2.97. The molecule has 1 amide bonds. The van der Waals surface area contributed by atoms with Gasteiger partial charge in [0.15, 0.2) is 5.78 Å². The monoisotopic (exact) mass is 404 g/mol. The quantitative estimate of drug-likeness (QED) is 0.717. The van der Waals surface area contributed by atoms with Gasteiger partial charge in [-0.05, 0) is 58.6 Å². The first-order valence-corrected chi connectivity index (χ1v) is 10.1. The van der Waals surface area contributed by atoms with Crippen LogP contribution in [0.3, 0.4) is 0 Å². The molecule has 1 fully saturated rings. The summed E-state index contributed by atoms with van der Waals surface area (Å²) in [5.41, 5.74) is 0.411. The minimum atomic E-state index is -0.906. The normalized spacial score (nSPS) is 18.3. The van der Waals surface area contributed by atoms with E-state index in [1.165, 1.54) is 4.90 Å². The van der Waals surface area contributed by atoms with Gasteiger partial charge in [-0.1, -0.05) is 30.3 Å². The second-order valence-electron chi connectivity index (χ2n) is 8.56. The summed E-state index contributed by atoms with van der Waals surface area (Å²) < 4.78 is 5.44. The smallest absolute Gasteiger partial charge is 0.410 e. The number of amides is 1. The first-order chi connectivity index (χ1) is 13.6. The molecule has 2 atom stereocenters. The average molecular weight is 405 g/mol. The van der Waals surface area contributed by atoms with E-state index in [-0.39, 0.29) is 12.3 Å². The number of hydrogen-bond donors (Lipinski definition) is 1. The maximum absolute atomic E-state index is 13.1. The molecule has 1 aromatic carbocycles. The minimum Gasteiger partial charge on any atom is -0.480 e. The Kier molecular flexibility index (Phi) is 7.79. The summed E-state index contributed by atoms with van der Waals surface area (Å²) in [5.74, 6) is -1.07. The van der Waals surface area contributed by atoms with Gasteiger partial charge in [-0.15, -0.1) is 0 Å². The number of ketones is 1. The van der Waals surface area contributed by atoms with E-state index in [1.807, 2.05) is 30.3 Å². The van der Waals surface area contributed by atoms with Crippen LogP contribution in [0.4, 0.5) is 4.79 Å². The van der Waals surface area contributed by atoms with Crippen molar-refractivity contribution in [2.24, 2.45) is 0 Å². The lowest BCUT2D eigenvalue weighted by Crippen LogP contribution is -2.49. The van der Waals surface area contributed by atoms with Crippen LogP contribution in [-0.2, 0) is 20.7 Å². The van der Waals surface area contributed by atoms with E-state index < -0.39 is 29.7 Å². The van der Waals surface area contributed by atoms with Crippen LogP contribution in [0.25, 0.3) is 0 Å². The lowest BCUT2D eigenvalue weighted by atomic mass is 10.0. The molecule has 0 aliphatic carbocycles. The number of carboxylic acids is 1. The van der Waals surface area contributed by atoms with Crippen LogP contribution >= 0.6 is 0 Å². The van der Waals surface area contributed by atoms with Crippen LogP contribution in [0.5, 0.6) is 0 Å². The van der Waals surface area contributed by atoms with E-state index in [4.69, 9.17) is 4.74 Å². The van der Waals surface area contributed by atoms with Crippen molar-refractivity contribution in [3.8, 4) is 0 Å². The highest BCUT2D eigenvalue weighted by Crippen LogP contribution is 2.20. The van der Waals surface area contributed by atoms with Gasteiger partial charge >= 0.3 is 12.1 Å². The topological polar surface area (TPSA) is 87.2 Å². The second-order valence-corrected chi connectivity index (χ2v) is 8.56. The summed E-state index contributed by atoms with van der Waals surface area (Å²) in [7, 11) is 1.57. The fourth-order valence-electron chi connectivity index (χ4n) is 3.58. The van der Waals surface area contributed by atoms with Crippen molar-refractivity contribution in [2.75, 3.05) is 20.1 Å². The van der Waals surface area contributed by atoms with Gasteiger partial charge < -0.3 is 14.7 Å². The van der Waals surface area contributed by atoms with Gasteiger partial charge in [-0.3, -0.25) is 14.5 Å². The summed E-state index contributed by atoms with van der Waals surface area (Å²) >= 11 is 0. The number of benzene rings is 1. The molecule has 29 heavy (non-hydrogen) atoms. The van der Waals surface area contributed by atoms with E-state index in [2.05, 4.69) is 0 Å². The Hall–Kier alpha value is -2.41. The standard InChI is InChI=1S/C22H32N2O5/c1-22(2,3)29-21(28)23(4)17(13-12-16-9-6-5-7-10-16)19(25)15-24-14-8-11-18(24)20(26)27/h5-7,9-10,17-18H,8,11-15H2,1-4H3,(H,26,27)/t17-,18+/m1/s1. The Balaban J connectivity index is 2.12. The molecule has 0 bridgehead atoms. The highest BCUT2D eigenvalue weighted by Gasteiger charge is 2.35. The first kappa shape index (κ1) is 22.9. The second kappa shape index (κ2) is 9.87. The molecular weight excluding hydrogens is 372 g/mol. The Morgan fingerprint density at radius 2 is 1.90 bits per heavy atom. The molecule has 2 rings (SSSR count). The van der Waals surface area contributed by atoms with Crippen molar-refractivity contribution in [3.63, 3.8) is 0 Å². The zero-order valence-electron chi connectivity index (χ0n) is 17.8. The van der Waals surface area contributed by atoms with E-state index in [1.54, 1.807) is 32.7 Å². The summed E-state index contributed by atoms with van der Waals surface area (Å²) in [5, 5.41) is 9.37. The van der Waals surface area contributed by atoms with E-state index in [0.717, 1.165) is 12.0 Å². The third kappa shape index (κ3) is 6.85. The minimum absolute atomic E-state index is 0.0174. The zero-order chi connectivity index (χ0) is 21.6. The van der Waals surface area contributed by atoms with E-state index in [9.17, 15) is 19.5 Å². The highest BCUT2D eigenvalue weighted by atomic mass is 16.6. The number of ether oxygens (including phenoxy) is 1. The van der Waals surface area contributed by atoms with E-state index in [0.29, 0.717) is 25.8 Å². The number of likely N-dealkylation sites (N-methyl/N-ethyl adjacent to an activating group) is 1. The van der Waals surface area contributed by atoms with Crippen LogP contribution in [0, 0.1) is 0 Å². The molecule has 1 saturated heterocycles. The number of Topliss-reactive ketones (excluding diaryl/α,β-unsaturated/α-hetero) is 1. The van der Waals surface area contributed by atoms with Gasteiger partial charge in [0.2, 0.25) is 0 Å². The van der Waals surface area contributed by atoms with Gasteiger partial charge in [0.1, 0.15) is 11.6 Å². The Morgan fingerprint density at radius 1 is 1.24 bits per heavy atom. The number of carboxylic acid groups (broad SMARTS) is 1. The van der Waals surface area contributed by atoms with Gasteiger partial charge in [0, 0.05) is 7.05 Å². The highest BCUT2D eigenvalue weighted by molar-refractivity contribution is 5.89. The van der Waals surface area contributed by atoms with Crippen molar-refractivity contribution < 1.29 is 24.2 Å². The number of nitrogens with zero attached hydrogens (tertiary/aromatic N) is 2.